The number of nitrogens with one attached hydrogen (secondary N) is 2. The van der Waals surface area contributed by atoms with Gasteiger partial charge in [-0.1, -0.05) is 0 Å². The number of urea groups is 1. The summed E-state index contributed by atoms with van der Waals surface area (Å²) in [7, 11) is -3.58. The third-order valence-electron chi connectivity index (χ3n) is 6.15. The van der Waals surface area contributed by atoms with E-state index in [2.05, 4.69) is 10.0 Å². The van der Waals surface area contributed by atoms with Crippen LogP contribution in [-0.4, -0.2) is 44.5 Å². The lowest BCUT2D eigenvalue weighted by molar-refractivity contribution is 0.163. The molecule has 0 spiro atoms. The van der Waals surface area contributed by atoms with Crippen LogP contribution in [0.15, 0.2) is 4.90 Å². The molecule has 2 N–H and O–H groups in total. The van der Waals surface area contributed by atoms with Gasteiger partial charge in [0.25, 0.3) is 0 Å². The highest BCUT2D eigenvalue weighted by Crippen LogP contribution is 2.29. The SMILES string of the molecule is Cc1c(C)c(C)c(S(=O)(=O)NCC2CCN(C(=O)NC(C)(C)C)CC2)c(C)c1C. The number of benzene rings is 1. The van der Waals surface area contributed by atoms with E-state index >= 15 is 0 Å². The number of hydrogen-bond acceptors (Lipinski definition) is 3. The third-order valence-corrected chi connectivity index (χ3v) is 7.84. The van der Waals surface area contributed by atoms with E-state index in [0.717, 1.165) is 40.7 Å². The highest BCUT2D eigenvalue weighted by Gasteiger charge is 2.28. The molecule has 164 valence electrons. The summed E-state index contributed by atoms with van der Waals surface area (Å²) in [5, 5.41) is 2.98. The maximum Gasteiger partial charge on any atom is 0.317 e. The van der Waals surface area contributed by atoms with Crippen molar-refractivity contribution in [3.8, 4) is 0 Å². The second kappa shape index (κ2) is 8.64. The lowest BCUT2D eigenvalue weighted by Crippen LogP contribution is -2.51. The fourth-order valence-electron chi connectivity index (χ4n) is 3.91. The summed E-state index contributed by atoms with van der Waals surface area (Å²) >= 11 is 0. The Labute approximate surface area is 176 Å². The number of amides is 2. The summed E-state index contributed by atoms with van der Waals surface area (Å²) in [5.74, 6) is 0.233. The number of carbonyl (C=O) groups excluding carboxylic acids is 1. The van der Waals surface area contributed by atoms with Crippen LogP contribution in [0.3, 0.4) is 0 Å². The minimum absolute atomic E-state index is 0.0478. The van der Waals surface area contributed by atoms with Crippen LogP contribution in [0.4, 0.5) is 4.79 Å². The molecule has 0 saturated carbocycles. The first kappa shape index (κ1) is 23.7. The molecule has 29 heavy (non-hydrogen) atoms. The first-order valence-electron chi connectivity index (χ1n) is 10.4. The molecule has 7 heteroatoms. The van der Waals surface area contributed by atoms with Crippen LogP contribution in [-0.2, 0) is 10.0 Å². The van der Waals surface area contributed by atoms with Gasteiger partial charge in [0, 0.05) is 25.2 Å². The second-order valence-electron chi connectivity index (χ2n) is 9.42. The Morgan fingerprint density at radius 2 is 1.38 bits per heavy atom. The Hall–Kier alpha value is -1.60. The molecule has 1 aromatic carbocycles. The Morgan fingerprint density at radius 3 is 1.83 bits per heavy atom. The van der Waals surface area contributed by atoms with E-state index in [1.54, 1.807) is 0 Å². The number of rotatable bonds is 4. The number of carbonyl (C=O) groups is 1. The second-order valence-corrected chi connectivity index (χ2v) is 11.1. The van der Waals surface area contributed by atoms with Crippen LogP contribution >= 0.6 is 0 Å². The first-order chi connectivity index (χ1) is 13.2. The van der Waals surface area contributed by atoms with E-state index < -0.39 is 10.0 Å². The van der Waals surface area contributed by atoms with Crippen molar-refractivity contribution in [2.75, 3.05) is 19.6 Å². The summed E-state index contributed by atoms with van der Waals surface area (Å²) in [6.45, 7) is 17.4. The van der Waals surface area contributed by atoms with Gasteiger partial charge in [0.2, 0.25) is 10.0 Å². The van der Waals surface area contributed by atoms with E-state index in [-0.39, 0.29) is 17.5 Å². The lowest BCUT2D eigenvalue weighted by Gasteiger charge is -2.34. The standard InChI is InChI=1S/C22H37N3O3S/c1-14-15(2)17(4)20(18(5)16(14)3)29(27,28)23-13-19-9-11-25(12-10-19)21(26)24-22(6,7)8/h19,23H,9-13H2,1-8H3,(H,24,26). The van der Waals surface area contributed by atoms with Crippen molar-refractivity contribution in [1.82, 2.24) is 14.9 Å². The Bertz CT molecular complexity index is 849. The largest absolute Gasteiger partial charge is 0.333 e. The van der Waals surface area contributed by atoms with Gasteiger partial charge in [-0.05, 0) is 102 Å². The van der Waals surface area contributed by atoms with E-state index in [0.29, 0.717) is 24.5 Å². The molecule has 0 bridgehead atoms. The normalized spacial score (nSPS) is 16.2. The molecule has 2 amide bonds. The fourth-order valence-corrected chi connectivity index (χ4v) is 5.62. The molecular weight excluding hydrogens is 386 g/mol. The number of sulfonamides is 1. The number of likely N-dealkylation sites (tertiary alicyclic amines) is 1. The Morgan fingerprint density at radius 1 is 0.931 bits per heavy atom. The van der Waals surface area contributed by atoms with Crippen molar-refractivity contribution in [3.63, 3.8) is 0 Å². The van der Waals surface area contributed by atoms with Gasteiger partial charge in [-0.25, -0.2) is 17.9 Å². The van der Waals surface area contributed by atoms with Gasteiger partial charge in [-0.2, -0.15) is 0 Å². The van der Waals surface area contributed by atoms with Crippen molar-refractivity contribution in [1.29, 1.82) is 0 Å². The van der Waals surface area contributed by atoms with Gasteiger partial charge in [-0.3, -0.25) is 0 Å². The molecule has 0 aromatic heterocycles. The summed E-state index contributed by atoms with van der Waals surface area (Å²) in [6.07, 6.45) is 1.59. The Kier molecular flexibility index (Phi) is 7.05. The van der Waals surface area contributed by atoms with Crippen molar-refractivity contribution in [2.24, 2.45) is 5.92 Å². The minimum Gasteiger partial charge on any atom is -0.333 e. The molecule has 0 radical (unpaired) electrons. The van der Waals surface area contributed by atoms with Gasteiger partial charge in [0.05, 0.1) is 4.90 Å². The zero-order chi connectivity index (χ0) is 22.1. The van der Waals surface area contributed by atoms with Crippen molar-refractivity contribution in [2.45, 2.75) is 78.7 Å². The highest BCUT2D eigenvalue weighted by molar-refractivity contribution is 7.89. The van der Waals surface area contributed by atoms with E-state index in [9.17, 15) is 13.2 Å². The topological polar surface area (TPSA) is 78.5 Å². The molecular formula is C22H37N3O3S. The molecule has 2 rings (SSSR count). The zero-order valence-electron chi connectivity index (χ0n) is 19.2. The predicted molar refractivity (Wildman–Crippen MR) is 118 cm³/mol. The lowest BCUT2D eigenvalue weighted by atomic mass is 9.95. The summed E-state index contributed by atoms with van der Waals surface area (Å²) in [6, 6.07) is -0.0478. The minimum atomic E-state index is -3.58. The molecule has 6 nitrogen and oxygen atoms in total. The molecule has 1 aliphatic rings. The number of piperidine rings is 1. The van der Waals surface area contributed by atoms with Gasteiger partial charge >= 0.3 is 6.03 Å². The zero-order valence-corrected chi connectivity index (χ0v) is 20.0. The molecule has 1 heterocycles. The number of hydrogen-bond donors (Lipinski definition) is 2. The average molecular weight is 424 g/mol. The molecule has 0 atom stereocenters. The predicted octanol–water partition coefficient (Wildman–Crippen LogP) is 3.73. The van der Waals surface area contributed by atoms with E-state index in [1.807, 2.05) is 60.3 Å². The monoisotopic (exact) mass is 423 g/mol. The molecule has 0 aliphatic carbocycles. The fraction of sp³-hybridized carbons (Fsp3) is 0.682. The highest BCUT2D eigenvalue weighted by atomic mass is 32.2. The van der Waals surface area contributed by atoms with Crippen LogP contribution in [0.5, 0.6) is 0 Å². The van der Waals surface area contributed by atoms with Gasteiger partial charge in [0.15, 0.2) is 0 Å². The van der Waals surface area contributed by atoms with Crippen LogP contribution < -0.4 is 10.0 Å². The van der Waals surface area contributed by atoms with Crippen LogP contribution in [0.25, 0.3) is 0 Å². The maximum atomic E-state index is 13.1. The van der Waals surface area contributed by atoms with Crippen LogP contribution in [0, 0.1) is 40.5 Å². The molecule has 0 unspecified atom stereocenters. The van der Waals surface area contributed by atoms with Crippen molar-refractivity contribution >= 4 is 16.1 Å². The van der Waals surface area contributed by atoms with Crippen molar-refractivity contribution in [3.05, 3.63) is 27.8 Å². The summed E-state index contributed by atoms with van der Waals surface area (Å²) < 4.78 is 29.0. The average Bonchev–Trinajstić information content (AvgIpc) is 2.62. The van der Waals surface area contributed by atoms with E-state index in [4.69, 9.17) is 0 Å². The van der Waals surface area contributed by atoms with Gasteiger partial charge in [-0.15, -0.1) is 0 Å². The molecule has 1 fully saturated rings. The molecule has 1 saturated heterocycles. The van der Waals surface area contributed by atoms with Crippen LogP contribution in [0.1, 0.15) is 61.4 Å². The van der Waals surface area contributed by atoms with Crippen molar-refractivity contribution < 1.29 is 13.2 Å². The van der Waals surface area contributed by atoms with E-state index in [1.165, 1.54) is 0 Å². The number of nitrogens with zero attached hydrogens (tertiary/aromatic N) is 1. The quantitative estimate of drug-likeness (QED) is 0.775. The molecule has 1 aromatic rings. The summed E-state index contributed by atoms with van der Waals surface area (Å²) in [5.41, 5.74) is 4.61. The smallest absolute Gasteiger partial charge is 0.317 e. The van der Waals surface area contributed by atoms with Crippen LogP contribution in [0.2, 0.25) is 0 Å². The Balaban J connectivity index is 2.02. The third kappa shape index (κ3) is 5.51. The van der Waals surface area contributed by atoms with Gasteiger partial charge < -0.3 is 10.2 Å². The van der Waals surface area contributed by atoms with Gasteiger partial charge in [0.1, 0.15) is 0 Å². The molecule has 1 aliphatic heterocycles. The first-order valence-corrected chi connectivity index (χ1v) is 11.9. The maximum absolute atomic E-state index is 13.1. The summed E-state index contributed by atoms with van der Waals surface area (Å²) in [4.78, 5) is 14.5.